The molecular formula is C44H78N4O2. The molecule has 0 unspecified atom stereocenters. The van der Waals surface area contributed by atoms with Crippen molar-refractivity contribution in [3.05, 3.63) is 35.4 Å². The first kappa shape index (κ1) is 45.5. The summed E-state index contributed by atoms with van der Waals surface area (Å²) in [6.45, 7) is 35.4. The quantitative estimate of drug-likeness (QED) is 0.0895. The highest BCUT2D eigenvalue weighted by Crippen LogP contribution is 2.27. The molecule has 0 N–H and O–H groups in total. The third-order valence-corrected chi connectivity index (χ3v) is 8.51. The second kappa shape index (κ2) is 22.4. The molecule has 0 saturated carbocycles. The zero-order valence-electron chi connectivity index (χ0n) is 35.3. The van der Waals surface area contributed by atoms with E-state index in [9.17, 15) is 9.59 Å². The minimum Gasteiger partial charge on any atom is -0.267 e. The van der Waals surface area contributed by atoms with Crippen LogP contribution in [0.4, 0.5) is 0 Å². The van der Waals surface area contributed by atoms with Crippen molar-refractivity contribution in [2.75, 3.05) is 0 Å². The van der Waals surface area contributed by atoms with Crippen molar-refractivity contribution in [1.82, 2.24) is 10.0 Å². The molecule has 0 bridgehead atoms. The SMILES string of the molecule is CC(C)CC(CC(C)C)=NN(C(=O)c1cccc(C(=O)N(N=C(CC(C)C)CC(C)C)C(CC(C)C)CC(C)C)c1)C(CC(C)C)CC(C)C. The molecule has 6 heteroatoms. The first-order valence-electron chi connectivity index (χ1n) is 20.1. The second-order valence-corrected chi connectivity index (χ2v) is 18.4. The Kier molecular flexibility index (Phi) is 20.4. The third-order valence-electron chi connectivity index (χ3n) is 8.51. The molecule has 1 aromatic rings. The van der Waals surface area contributed by atoms with Crippen LogP contribution in [-0.4, -0.2) is 45.3 Å². The number of carbonyl (C=O) groups is 2. The van der Waals surface area contributed by atoms with Gasteiger partial charge < -0.3 is 0 Å². The number of carbonyl (C=O) groups excluding carboxylic acids is 2. The predicted molar refractivity (Wildman–Crippen MR) is 217 cm³/mol. The zero-order chi connectivity index (χ0) is 38.3. The predicted octanol–water partition coefficient (Wildman–Crippen LogP) is 12.4. The molecule has 0 aliphatic heterocycles. The summed E-state index contributed by atoms with van der Waals surface area (Å²) in [6, 6.07) is 7.29. The van der Waals surface area contributed by atoms with Crippen LogP contribution in [-0.2, 0) is 0 Å². The maximum atomic E-state index is 14.7. The summed E-state index contributed by atoms with van der Waals surface area (Å²) in [4.78, 5) is 29.4. The van der Waals surface area contributed by atoms with Crippen LogP contribution in [0.3, 0.4) is 0 Å². The molecule has 0 heterocycles. The van der Waals surface area contributed by atoms with Crippen molar-refractivity contribution in [3.63, 3.8) is 0 Å². The van der Waals surface area contributed by atoms with Crippen LogP contribution >= 0.6 is 0 Å². The van der Waals surface area contributed by atoms with Crippen LogP contribution < -0.4 is 0 Å². The number of hydrogen-bond donors (Lipinski definition) is 0. The lowest BCUT2D eigenvalue weighted by Gasteiger charge is -2.32. The Morgan fingerprint density at radius 2 is 0.720 bits per heavy atom. The summed E-state index contributed by atoms with van der Waals surface area (Å²) in [7, 11) is 0. The maximum absolute atomic E-state index is 14.7. The molecule has 2 amide bonds. The maximum Gasteiger partial charge on any atom is 0.274 e. The van der Waals surface area contributed by atoms with Gasteiger partial charge in [-0.05, 0) is 117 Å². The van der Waals surface area contributed by atoms with Crippen molar-refractivity contribution in [1.29, 1.82) is 0 Å². The molecule has 50 heavy (non-hydrogen) atoms. The van der Waals surface area contributed by atoms with Gasteiger partial charge in [0.2, 0.25) is 0 Å². The Morgan fingerprint density at radius 1 is 0.460 bits per heavy atom. The molecule has 0 spiro atoms. The van der Waals surface area contributed by atoms with E-state index in [0.29, 0.717) is 58.5 Å². The van der Waals surface area contributed by atoms with Crippen molar-refractivity contribution >= 4 is 23.2 Å². The Morgan fingerprint density at radius 3 is 0.940 bits per heavy atom. The highest BCUT2D eigenvalue weighted by atomic mass is 16.2. The van der Waals surface area contributed by atoms with E-state index in [2.05, 4.69) is 111 Å². The van der Waals surface area contributed by atoms with Gasteiger partial charge in [-0.15, -0.1) is 0 Å². The first-order chi connectivity index (χ1) is 23.2. The fourth-order valence-corrected chi connectivity index (χ4v) is 6.92. The Labute approximate surface area is 309 Å². The molecule has 0 saturated heterocycles. The topological polar surface area (TPSA) is 65.3 Å². The molecular weight excluding hydrogens is 617 g/mol. The summed E-state index contributed by atoms with van der Waals surface area (Å²) in [5.41, 5.74) is 3.15. The molecule has 0 aliphatic carbocycles. The smallest absolute Gasteiger partial charge is 0.267 e. The minimum atomic E-state index is -0.132. The minimum absolute atomic E-state index is 0.0339. The highest BCUT2D eigenvalue weighted by Gasteiger charge is 2.31. The number of amides is 2. The van der Waals surface area contributed by atoms with Crippen molar-refractivity contribution in [2.24, 2.45) is 57.5 Å². The van der Waals surface area contributed by atoms with Gasteiger partial charge in [-0.3, -0.25) is 9.59 Å². The summed E-state index contributed by atoms with van der Waals surface area (Å²) >= 11 is 0. The first-order valence-corrected chi connectivity index (χ1v) is 20.1. The molecule has 0 radical (unpaired) electrons. The van der Waals surface area contributed by atoms with Gasteiger partial charge in [0.05, 0.1) is 12.1 Å². The van der Waals surface area contributed by atoms with E-state index in [1.54, 1.807) is 16.1 Å². The fourth-order valence-electron chi connectivity index (χ4n) is 6.92. The Balaban J connectivity index is 3.92. The van der Waals surface area contributed by atoms with Gasteiger partial charge >= 0.3 is 0 Å². The molecule has 286 valence electrons. The van der Waals surface area contributed by atoms with E-state index in [1.165, 1.54) is 0 Å². The van der Waals surface area contributed by atoms with E-state index < -0.39 is 0 Å². The number of nitrogens with zero attached hydrogens (tertiary/aromatic N) is 4. The lowest BCUT2D eigenvalue weighted by atomic mass is 9.94. The lowest BCUT2D eigenvalue weighted by Crippen LogP contribution is -2.40. The Hall–Kier alpha value is -2.50. The summed E-state index contributed by atoms with van der Waals surface area (Å²) < 4.78 is 0. The van der Waals surface area contributed by atoms with Crippen molar-refractivity contribution < 1.29 is 9.59 Å². The van der Waals surface area contributed by atoms with Crippen LogP contribution in [0.25, 0.3) is 0 Å². The van der Waals surface area contributed by atoms with Crippen molar-refractivity contribution in [3.8, 4) is 0 Å². The van der Waals surface area contributed by atoms with E-state index >= 15 is 0 Å². The van der Waals surface area contributed by atoms with E-state index in [1.807, 2.05) is 18.2 Å². The standard InChI is InChI=1S/C44H78N4O2/c1-29(2)20-39(21-30(3)4)45-47(41(24-33(9)10)25-34(11)12)43(49)37-18-17-19-38(28-37)44(50)48(42(26-35(13)14)27-36(15)16)46-40(22-31(5)6)23-32(7)8/h17-19,28-36,41-42H,20-27H2,1-16H3. The van der Waals surface area contributed by atoms with Gasteiger partial charge in [0.25, 0.3) is 11.8 Å². The summed E-state index contributed by atoms with van der Waals surface area (Å²) in [5.74, 6) is 3.12. The largest absolute Gasteiger partial charge is 0.274 e. The fraction of sp³-hybridized carbons (Fsp3) is 0.773. The van der Waals surface area contributed by atoms with Gasteiger partial charge in [-0.1, -0.05) is 117 Å². The number of rotatable bonds is 22. The molecule has 1 aromatic carbocycles. The number of hydrogen-bond acceptors (Lipinski definition) is 4. The molecule has 0 aliphatic rings. The lowest BCUT2D eigenvalue weighted by molar-refractivity contribution is 0.0633. The van der Waals surface area contributed by atoms with Gasteiger partial charge in [0.15, 0.2) is 0 Å². The third kappa shape index (κ3) is 17.6. The summed E-state index contributed by atoms with van der Waals surface area (Å²) in [5, 5.41) is 14.0. The van der Waals surface area contributed by atoms with Gasteiger partial charge in [0.1, 0.15) is 0 Å². The van der Waals surface area contributed by atoms with Crippen LogP contribution in [0, 0.1) is 47.3 Å². The van der Waals surface area contributed by atoms with Crippen LogP contribution in [0.2, 0.25) is 0 Å². The average molecular weight is 695 g/mol. The van der Waals surface area contributed by atoms with Crippen LogP contribution in [0.15, 0.2) is 34.5 Å². The molecule has 6 nitrogen and oxygen atoms in total. The summed E-state index contributed by atoms with van der Waals surface area (Å²) in [6.07, 6.45) is 6.88. The molecule has 0 fully saturated rings. The van der Waals surface area contributed by atoms with Gasteiger partial charge in [0, 0.05) is 22.6 Å². The Bertz CT molecular complexity index is 1070. The highest BCUT2D eigenvalue weighted by molar-refractivity contribution is 6.01. The van der Waals surface area contributed by atoms with E-state index in [4.69, 9.17) is 10.2 Å². The van der Waals surface area contributed by atoms with Crippen molar-refractivity contribution in [2.45, 2.75) is 174 Å². The number of benzene rings is 1. The van der Waals surface area contributed by atoms with Crippen LogP contribution in [0.5, 0.6) is 0 Å². The van der Waals surface area contributed by atoms with Gasteiger partial charge in [-0.2, -0.15) is 10.2 Å². The second-order valence-electron chi connectivity index (χ2n) is 18.4. The molecule has 1 rings (SSSR count). The van der Waals surface area contributed by atoms with E-state index in [-0.39, 0.29) is 23.9 Å². The van der Waals surface area contributed by atoms with Crippen LogP contribution in [0.1, 0.15) is 183 Å². The monoisotopic (exact) mass is 695 g/mol. The van der Waals surface area contributed by atoms with Gasteiger partial charge in [-0.25, -0.2) is 10.0 Å². The zero-order valence-corrected chi connectivity index (χ0v) is 35.3. The molecule has 0 atom stereocenters. The number of hydrazone groups is 2. The average Bonchev–Trinajstić information content (AvgIpc) is 2.95. The molecule has 0 aromatic heterocycles. The van der Waals surface area contributed by atoms with E-state index in [0.717, 1.165) is 62.8 Å². The normalized spacial score (nSPS) is 12.2.